The number of carbonyl (C=O) groups excluding carboxylic acids is 1. The average Bonchev–Trinajstić information content (AvgIpc) is 2.35. The van der Waals surface area contributed by atoms with Crippen LogP contribution in [0.4, 0.5) is 18.9 Å². The number of hydrogen-bond donors (Lipinski definition) is 2. The number of nitrogens with one attached hydrogen (secondary N) is 1. The van der Waals surface area contributed by atoms with E-state index >= 15 is 0 Å². The summed E-state index contributed by atoms with van der Waals surface area (Å²) in [6.45, 7) is 3.43. The molecule has 0 aliphatic carbocycles. The van der Waals surface area contributed by atoms with Crippen molar-refractivity contribution in [2.24, 2.45) is 5.73 Å². The Morgan fingerprint density at radius 3 is 2.48 bits per heavy atom. The lowest BCUT2D eigenvalue weighted by Gasteiger charge is -2.22. The van der Waals surface area contributed by atoms with Gasteiger partial charge in [0.05, 0.1) is 12.1 Å². The molecular formula is C14H20F3N3O. The second-order valence-corrected chi connectivity index (χ2v) is 5.12. The lowest BCUT2D eigenvalue weighted by Crippen LogP contribution is -2.38. The first-order valence-electron chi connectivity index (χ1n) is 6.55. The van der Waals surface area contributed by atoms with Gasteiger partial charge in [-0.3, -0.25) is 4.79 Å². The van der Waals surface area contributed by atoms with Crippen LogP contribution in [-0.4, -0.2) is 25.5 Å². The van der Waals surface area contributed by atoms with Gasteiger partial charge < -0.3 is 16.0 Å². The SMILES string of the molecule is CC(C)NC(=O)CN(C)c1ccc(CN)c(C(F)(F)F)c1. The number of anilines is 1. The maximum absolute atomic E-state index is 13.0. The standard InChI is InChI=1S/C14H20F3N3O/c1-9(2)19-13(21)8-20(3)11-5-4-10(7-18)12(6-11)14(15,16)17/h4-6,9H,7-8,18H2,1-3H3,(H,19,21). The van der Waals surface area contributed by atoms with Gasteiger partial charge in [-0.1, -0.05) is 6.07 Å². The molecule has 1 rings (SSSR count). The molecule has 0 saturated heterocycles. The molecule has 1 aromatic carbocycles. The Bertz CT molecular complexity index is 501. The largest absolute Gasteiger partial charge is 0.416 e. The number of hydrogen-bond acceptors (Lipinski definition) is 3. The molecule has 1 aromatic rings. The third kappa shape index (κ3) is 4.93. The van der Waals surface area contributed by atoms with E-state index in [1.54, 1.807) is 7.05 Å². The number of alkyl halides is 3. The highest BCUT2D eigenvalue weighted by Crippen LogP contribution is 2.34. The number of benzene rings is 1. The zero-order chi connectivity index (χ0) is 16.2. The maximum Gasteiger partial charge on any atom is 0.416 e. The van der Waals surface area contributed by atoms with E-state index in [0.29, 0.717) is 5.69 Å². The molecule has 1 amide bonds. The van der Waals surface area contributed by atoms with E-state index in [-0.39, 0.29) is 30.6 Å². The maximum atomic E-state index is 13.0. The topological polar surface area (TPSA) is 58.4 Å². The molecule has 7 heteroatoms. The van der Waals surface area contributed by atoms with Crippen LogP contribution in [0.1, 0.15) is 25.0 Å². The van der Waals surface area contributed by atoms with Crippen LogP contribution in [0, 0.1) is 0 Å². The monoisotopic (exact) mass is 303 g/mol. The summed E-state index contributed by atoms with van der Waals surface area (Å²) < 4.78 is 38.9. The highest BCUT2D eigenvalue weighted by atomic mass is 19.4. The van der Waals surface area contributed by atoms with E-state index in [0.717, 1.165) is 6.07 Å². The number of nitrogens with zero attached hydrogens (tertiary/aromatic N) is 1. The van der Waals surface area contributed by atoms with Crippen LogP contribution in [0.25, 0.3) is 0 Å². The van der Waals surface area contributed by atoms with E-state index in [4.69, 9.17) is 5.73 Å². The molecule has 0 aliphatic rings. The molecule has 0 aliphatic heterocycles. The van der Waals surface area contributed by atoms with Crippen molar-refractivity contribution in [1.82, 2.24) is 5.32 Å². The first-order chi connectivity index (χ1) is 9.65. The second kappa shape index (κ2) is 6.80. The molecule has 0 heterocycles. The molecule has 0 spiro atoms. The van der Waals surface area contributed by atoms with E-state index in [2.05, 4.69) is 5.32 Å². The number of halogens is 3. The van der Waals surface area contributed by atoms with Gasteiger partial charge in [0.25, 0.3) is 0 Å². The van der Waals surface area contributed by atoms with Gasteiger partial charge >= 0.3 is 6.18 Å². The highest BCUT2D eigenvalue weighted by molar-refractivity contribution is 5.81. The minimum Gasteiger partial charge on any atom is -0.365 e. The van der Waals surface area contributed by atoms with Crippen molar-refractivity contribution in [3.05, 3.63) is 29.3 Å². The van der Waals surface area contributed by atoms with Crippen LogP contribution in [-0.2, 0) is 17.5 Å². The quantitative estimate of drug-likeness (QED) is 0.876. The molecule has 0 radical (unpaired) electrons. The van der Waals surface area contributed by atoms with Crippen molar-refractivity contribution in [3.8, 4) is 0 Å². The van der Waals surface area contributed by atoms with Gasteiger partial charge in [-0.15, -0.1) is 0 Å². The molecule has 0 aromatic heterocycles. The molecule has 0 fully saturated rings. The van der Waals surface area contributed by atoms with Gasteiger partial charge in [0.2, 0.25) is 5.91 Å². The van der Waals surface area contributed by atoms with Crippen LogP contribution in [0.5, 0.6) is 0 Å². The Balaban J connectivity index is 2.96. The van der Waals surface area contributed by atoms with Gasteiger partial charge in [0.1, 0.15) is 0 Å². The molecule has 21 heavy (non-hydrogen) atoms. The zero-order valence-corrected chi connectivity index (χ0v) is 12.3. The van der Waals surface area contributed by atoms with Crippen LogP contribution < -0.4 is 16.0 Å². The summed E-state index contributed by atoms with van der Waals surface area (Å²) >= 11 is 0. The Morgan fingerprint density at radius 2 is 2.00 bits per heavy atom. The lowest BCUT2D eigenvalue weighted by atomic mass is 10.1. The third-order valence-electron chi connectivity index (χ3n) is 2.89. The van der Waals surface area contributed by atoms with Gasteiger partial charge in [-0.2, -0.15) is 13.2 Å². The Hall–Kier alpha value is -1.76. The molecule has 3 N–H and O–H groups in total. The van der Waals surface area contributed by atoms with Gasteiger partial charge in [0, 0.05) is 25.3 Å². The van der Waals surface area contributed by atoms with Crippen LogP contribution >= 0.6 is 0 Å². The lowest BCUT2D eigenvalue weighted by molar-refractivity contribution is -0.138. The minimum atomic E-state index is -4.47. The normalized spacial score (nSPS) is 11.6. The van der Waals surface area contributed by atoms with Crippen LogP contribution in [0.15, 0.2) is 18.2 Å². The Kier molecular flexibility index (Phi) is 5.60. The van der Waals surface area contributed by atoms with Crippen molar-refractivity contribution in [2.75, 3.05) is 18.5 Å². The van der Waals surface area contributed by atoms with Crippen molar-refractivity contribution < 1.29 is 18.0 Å². The van der Waals surface area contributed by atoms with E-state index in [1.165, 1.54) is 17.0 Å². The van der Waals surface area contributed by atoms with Gasteiger partial charge in [-0.05, 0) is 31.5 Å². The molecule has 4 nitrogen and oxygen atoms in total. The smallest absolute Gasteiger partial charge is 0.365 e. The molecule has 0 bridgehead atoms. The Morgan fingerprint density at radius 1 is 1.38 bits per heavy atom. The average molecular weight is 303 g/mol. The van der Waals surface area contributed by atoms with E-state index in [9.17, 15) is 18.0 Å². The summed E-state index contributed by atoms with van der Waals surface area (Å²) in [6, 6.07) is 3.87. The summed E-state index contributed by atoms with van der Waals surface area (Å²) in [4.78, 5) is 13.1. The number of likely N-dealkylation sites (N-methyl/N-ethyl adjacent to an activating group) is 1. The van der Waals surface area contributed by atoms with Crippen molar-refractivity contribution in [3.63, 3.8) is 0 Å². The van der Waals surface area contributed by atoms with Gasteiger partial charge in [-0.25, -0.2) is 0 Å². The first-order valence-corrected chi connectivity index (χ1v) is 6.55. The fourth-order valence-corrected chi connectivity index (χ4v) is 1.92. The van der Waals surface area contributed by atoms with Crippen molar-refractivity contribution in [1.29, 1.82) is 0 Å². The predicted molar refractivity (Wildman–Crippen MR) is 75.9 cm³/mol. The number of nitrogens with two attached hydrogens (primary N) is 1. The fraction of sp³-hybridized carbons (Fsp3) is 0.500. The molecule has 0 atom stereocenters. The molecular weight excluding hydrogens is 283 g/mol. The zero-order valence-electron chi connectivity index (χ0n) is 12.3. The first kappa shape index (κ1) is 17.3. The summed E-state index contributed by atoms with van der Waals surface area (Å²) in [7, 11) is 1.57. The summed E-state index contributed by atoms with van der Waals surface area (Å²) in [5.74, 6) is -0.246. The summed E-state index contributed by atoms with van der Waals surface area (Å²) in [5, 5.41) is 2.69. The number of amides is 1. The minimum absolute atomic E-state index is 0.0164. The van der Waals surface area contributed by atoms with E-state index in [1.807, 2.05) is 13.8 Å². The van der Waals surface area contributed by atoms with Gasteiger partial charge in [0.15, 0.2) is 0 Å². The number of carbonyl (C=O) groups is 1. The molecule has 118 valence electrons. The summed E-state index contributed by atoms with van der Waals surface area (Å²) in [6.07, 6.45) is -4.47. The molecule has 0 unspecified atom stereocenters. The van der Waals surface area contributed by atoms with E-state index < -0.39 is 11.7 Å². The van der Waals surface area contributed by atoms with Crippen molar-refractivity contribution >= 4 is 11.6 Å². The predicted octanol–water partition coefficient (Wildman–Crippen LogP) is 2.12. The van der Waals surface area contributed by atoms with Crippen LogP contribution in [0.2, 0.25) is 0 Å². The number of rotatable bonds is 5. The van der Waals surface area contributed by atoms with Crippen LogP contribution in [0.3, 0.4) is 0 Å². The molecule has 0 saturated carbocycles. The third-order valence-corrected chi connectivity index (χ3v) is 2.89. The highest BCUT2D eigenvalue weighted by Gasteiger charge is 2.33. The fourth-order valence-electron chi connectivity index (χ4n) is 1.92. The second-order valence-electron chi connectivity index (χ2n) is 5.12. The Labute approximate surface area is 122 Å². The summed E-state index contributed by atoms with van der Waals surface area (Å²) in [5.41, 5.74) is 4.92. The van der Waals surface area contributed by atoms with Crippen molar-refractivity contribution in [2.45, 2.75) is 32.6 Å².